The van der Waals surface area contributed by atoms with E-state index < -0.39 is 0 Å². The number of rotatable bonds is 3. The Morgan fingerprint density at radius 1 is 1.05 bits per heavy atom. The van der Waals surface area contributed by atoms with Gasteiger partial charge in [-0.05, 0) is 31.2 Å². The minimum atomic E-state index is -0.308. The maximum atomic E-state index is 12.3. The van der Waals surface area contributed by atoms with Crippen molar-refractivity contribution >= 4 is 52.2 Å². The Bertz CT molecular complexity index is 704. The van der Waals surface area contributed by atoms with Crippen molar-refractivity contribution in [3.63, 3.8) is 0 Å². The van der Waals surface area contributed by atoms with Crippen LogP contribution in [0, 0.1) is 6.92 Å². The maximum absolute atomic E-state index is 12.3. The number of halogens is 3. The molecule has 7 heteroatoms. The van der Waals surface area contributed by atoms with Crippen molar-refractivity contribution in [3.05, 3.63) is 50.6 Å². The van der Waals surface area contributed by atoms with E-state index in [-0.39, 0.29) is 5.91 Å². The monoisotopic (exact) mass is 343 g/mol. The average Bonchev–Trinajstić information content (AvgIpc) is 2.43. The topological polar surface area (TPSA) is 54.0 Å². The van der Waals surface area contributed by atoms with Gasteiger partial charge in [-0.25, -0.2) is 4.98 Å². The smallest absolute Gasteiger partial charge is 0.255 e. The van der Waals surface area contributed by atoms with Gasteiger partial charge in [0.1, 0.15) is 5.82 Å². The molecule has 110 valence electrons. The number of carbonyl (C=O) groups excluding carboxylic acids is 1. The minimum absolute atomic E-state index is 0.308. The molecule has 0 aliphatic carbocycles. The zero-order chi connectivity index (χ0) is 15.6. The predicted octanol–water partition coefficient (Wildman–Crippen LogP) is 4.64. The maximum Gasteiger partial charge on any atom is 0.255 e. The first kappa shape index (κ1) is 15.9. The van der Waals surface area contributed by atoms with Crippen LogP contribution in [0.15, 0.2) is 24.3 Å². The number of hydrogen-bond donors (Lipinski definition) is 2. The summed E-state index contributed by atoms with van der Waals surface area (Å²) in [5, 5.41) is 6.57. The number of anilines is 2. The number of nitrogens with zero attached hydrogens (tertiary/aromatic N) is 1. The summed E-state index contributed by atoms with van der Waals surface area (Å²) in [6.45, 7) is 1.81. The third-order valence-electron chi connectivity index (χ3n) is 2.73. The summed E-state index contributed by atoms with van der Waals surface area (Å²) in [6, 6.07) is 6.32. The second-order valence-electron chi connectivity index (χ2n) is 4.33. The van der Waals surface area contributed by atoms with Gasteiger partial charge in [0.25, 0.3) is 5.91 Å². The summed E-state index contributed by atoms with van der Waals surface area (Å²) >= 11 is 17.8. The number of pyridine rings is 1. The van der Waals surface area contributed by atoms with E-state index in [2.05, 4.69) is 15.6 Å². The number of nitrogens with one attached hydrogen (secondary N) is 2. The summed E-state index contributed by atoms with van der Waals surface area (Å²) in [6.07, 6.45) is 0. The Morgan fingerprint density at radius 2 is 1.71 bits per heavy atom. The van der Waals surface area contributed by atoms with E-state index >= 15 is 0 Å². The highest BCUT2D eigenvalue weighted by atomic mass is 35.5. The minimum Gasteiger partial charge on any atom is -0.373 e. The number of amides is 1. The molecule has 0 spiro atoms. The molecular weight excluding hydrogens is 333 g/mol. The SMILES string of the molecule is CNc1cc(C(=O)Nc2cc(Cl)c(Cl)cc2Cl)cc(C)n1. The zero-order valence-corrected chi connectivity index (χ0v) is 13.6. The number of aryl methyl sites for hydroxylation is 1. The molecule has 1 heterocycles. The second kappa shape index (κ2) is 6.52. The van der Waals surface area contributed by atoms with E-state index in [0.29, 0.717) is 32.1 Å². The first-order valence-electron chi connectivity index (χ1n) is 6.03. The molecule has 2 rings (SSSR count). The van der Waals surface area contributed by atoms with Gasteiger partial charge in [-0.15, -0.1) is 0 Å². The highest BCUT2D eigenvalue weighted by Gasteiger charge is 2.12. The van der Waals surface area contributed by atoms with Crippen molar-refractivity contribution in [2.45, 2.75) is 6.92 Å². The van der Waals surface area contributed by atoms with Gasteiger partial charge in [0.15, 0.2) is 0 Å². The lowest BCUT2D eigenvalue weighted by Gasteiger charge is -2.10. The molecule has 1 aromatic heterocycles. The first-order valence-corrected chi connectivity index (χ1v) is 7.16. The molecule has 0 saturated heterocycles. The number of aromatic nitrogens is 1. The molecule has 2 aromatic rings. The van der Waals surface area contributed by atoms with Crippen LogP contribution in [0.4, 0.5) is 11.5 Å². The Labute approximate surface area is 137 Å². The Hall–Kier alpha value is -1.49. The third-order valence-corrected chi connectivity index (χ3v) is 3.76. The third kappa shape index (κ3) is 3.79. The van der Waals surface area contributed by atoms with E-state index in [4.69, 9.17) is 34.8 Å². The number of hydrogen-bond acceptors (Lipinski definition) is 3. The van der Waals surface area contributed by atoms with Gasteiger partial charge in [-0.2, -0.15) is 0 Å². The molecule has 0 unspecified atom stereocenters. The molecule has 0 radical (unpaired) electrons. The average molecular weight is 345 g/mol. The predicted molar refractivity (Wildman–Crippen MR) is 87.9 cm³/mol. The Kier molecular flexibility index (Phi) is 4.93. The number of carbonyl (C=O) groups is 1. The molecule has 0 fully saturated rings. The van der Waals surface area contributed by atoms with E-state index in [0.717, 1.165) is 5.69 Å². The fourth-order valence-corrected chi connectivity index (χ4v) is 2.33. The highest BCUT2D eigenvalue weighted by molar-refractivity contribution is 6.44. The lowest BCUT2D eigenvalue weighted by molar-refractivity contribution is 0.102. The molecule has 1 amide bonds. The lowest BCUT2D eigenvalue weighted by atomic mass is 10.2. The van der Waals surface area contributed by atoms with Crippen LogP contribution in [0.25, 0.3) is 0 Å². The van der Waals surface area contributed by atoms with Crippen LogP contribution in [0.5, 0.6) is 0 Å². The van der Waals surface area contributed by atoms with Gasteiger partial charge in [-0.1, -0.05) is 34.8 Å². The lowest BCUT2D eigenvalue weighted by Crippen LogP contribution is -2.13. The van der Waals surface area contributed by atoms with Crippen LogP contribution in [-0.4, -0.2) is 17.9 Å². The zero-order valence-electron chi connectivity index (χ0n) is 11.3. The standard InChI is InChI=1S/C14H12Cl3N3O/c1-7-3-8(4-13(18-2)19-7)14(21)20-12-6-10(16)9(15)5-11(12)17/h3-6H,1-2H3,(H,18,19)(H,20,21). The van der Waals surface area contributed by atoms with E-state index in [9.17, 15) is 4.79 Å². The van der Waals surface area contributed by atoms with Crippen molar-refractivity contribution in [1.29, 1.82) is 0 Å². The molecule has 21 heavy (non-hydrogen) atoms. The van der Waals surface area contributed by atoms with E-state index in [1.54, 1.807) is 19.2 Å². The summed E-state index contributed by atoms with van der Waals surface area (Å²) in [7, 11) is 1.74. The Morgan fingerprint density at radius 3 is 2.38 bits per heavy atom. The summed E-state index contributed by atoms with van der Waals surface area (Å²) in [5.41, 5.74) is 1.60. The van der Waals surface area contributed by atoms with E-state index in [1.807, 2.05) is 6.92 Å². The molecule has 0 aliphatic heterocycles. The fourth-order valence-electron chi connectivity index (χ4n) is 1.74. The summed E-state index contributed by atoms with van der Waals surface area (Å²) in [5.74, 6) is 0.303. The van der Waals surface area contributed by atoms with Gasteiger partial charge < -0.3 is 10.6 Å². The molecule has 0 saturated carbocycles. The second-order valence-corrected chi connectivity index (χ2v) is 5.55. The van der Waals surface area contributed by atoms with E-state index in [1.165, 1.54) is 12.1 Å². The van der Waals surface area contributed by atoms with Crippen molar-refractivity contribution in [1.82, 2.24) is 4.98 Å². The fraction of sp³-hybridized carbons (Fsp3) is 0.143. The quantitative estimate of drug-likeness (QED) is 0.797. The molecule has 0 atom stereocenters. The van der Waals surface area contributed by atoms with Crippen LogP contribution in [0.2, 0.25) is 15.1 Å². The van der Waals surface area contributed by atoms with Gasteiger partial charge in [0, 0.05) is 18.3 Å². The van der Waals surface area contributed by atoms with Gasteiger partial charge in [-0.3, -0.25) is 4.79 Å². The van der Waals surface area contributed by atoms with Crippen LogP contribution in [0.1, 0.15) is 16.1 Å². The molecule has 2 N–H and O–H groups in total. The molecule has 0 aliphatic rings. The van der Waals surface area contributed by atoms with Crippen molar-refractivity contribution in [3.8, 4) is 0 Å². The first-order chi connectivity index (χ1) is 9.90. The van der Waals surface area contributed by atoms with Crippen LogP contribution in [-0.2, 0) is 0 Å². The van der Waals surface area contributed by atoms with Crippen molar-refractivity contribution in [2.75, 3.05) is 17.7 Å². The summed E-state index contributed by atoms with van der Waals surface area (Å²) in [4.78, 5) is 16.5. The molecular formula is C14H12Cl3N3O. The highest BCUT2D eigenvalue weighted by Crippen LogP contribution is 2.32. The Balaban J connectivity index is 2.30. The van der Waals surface area contributed by atoms with Crippen LogP contribution in [0.3, 0.4) is 0 Å². The normalized spacial score (nSPS) is 10.3. The number of benzene rings is 1. The van der Waals surface area contributed by atoms with Crippen molar-refractivity contribution in [2.24, 2.45) is 0 Å². The summed E-state index contributed by atoms with van der Waals surface area (Å²) < 4.78 is 0. The molecule has 1 aromatic carbocycles. The van der Waals surface area contributed by atoms with Gasteiger partial charge in [0.05, 0.1) is 20.8 Å². The van der Waals surface area contributed by atoms with Gasteiger partial charge >= 0.3 is 0 Å². The van der Waals surface area contributed by atoms with Crippen LogP contribution < -0.4 is 10.6 Å². The van der Waals surface area contributed by atoms with Gasteiger partial charge in [0.2, 0.25) is 0 Å². The molecule has 4 nitrogen and oxygen atoms in total. The molecule has 0 bridgehead atoms. The van der Waals surface area contributed by atoms with Crippen LogP contribution >= 0.6 is 34.8 Å². The largest absolute Gasteiger partial charge is 0.373 e. The van der Waals surface area contributed by atoms with Crippen molar-refractivity contribution < 1.29 is 4.79 Å².